The van der Waals surface area contributed by atoms with Crippen molar-refractivity contribution < 1.29 is 27.5 Å². The molecule has 0 bridgehead atoms. The standard InChI is InChI=1S/C32H28FN7.C2HF3O2/c33-24-10-11-27-28(16-24)38-31(37-27)23-12-14-40(15-13-23)18-20-6-8-22(9-7-20)29-25(21-4-2-1-3-5-21)17-26-30(34)35-19-36-32(26)39-29;3-2(4,5)1(6)7/h1-11,16-17,19,23H,12-15,18H2,(H,37,38)(H2,34,35,36,39);(H,6,7). The number of aliphatic carboxylic acids is 1. The number of aromatic nitrogens is 5. The lowest BCUT2D eigenvalue weighted by atomic mass is 9.95. The van der Waals surface area contributed by atoms with Gasteiger partial charge in [0, 0.05) is 23.6 Å². The van der Waals surface area contributed by atoms with Gasteiger partial charge >= 0.3 is 12.1 Å². The molecule has 13 heteroatoms. The van der Waals surface area contributed by atoms with E-state index in [0.29, 0.717) is 17.4 Å². The van der Waals surface area contributed by atoms with Gasteiger partial charge in [-0.2, -0.15) is 13.2 Å². The number of hydrogen-bond donors (Lipinski definition) is 3. The van der Waals surface area contributed by atoms with E-state index in [9.17, 15) is 17.6 Å². The molecule has 47 heavy (non-hydrogen) atoms. The second kappa shape index (κ2) is 13.1. The highest BCUT2D eigenvalue weighted by Crippen LogP contribution is 2.34. The first kappa shape index (κ1) is 31.5. The summed E-state index contributed by atoms with van der Waals surface area (Å²) in [5.41, 5.74) is 13.6. The van der Waals surface area contributed by atoms with Crippen molar-refractivity contribution in [3.05, 3.63) is 102 Å². The first-order chi connectivity index (χ1) is 22.5. The zero-order valence-electron chi connectivity index (χ0n) is 24.9. The van der Waals surface area contributed by atoms with E-state index in [-0.39, 0.29) is 5.82 Å². The number of anilines is 1. The van der Waals surface area contributed by atoms with E-state index in [4.69, 9.17) is 25.6 Å². The summed E-state index contributed by atoms with van der Waals surface area (Å²) in [7, 11) is 0. The number of nitrogens with two attached hydrogens (primary N) is 1. The van der Waals surface area contributed by atoms with E-state index >= 15 is 0 Å². The maximum absolute atomic E-state index is 13.6. The quantitative estimate of drug-likeness (QED) is 0.172. The summed E-state index contributed by atoms with van der Waals surface area (Å²) in [4.78, 5) is 32.9. The number of carboxylic acids is 1. The molecule has 3 aromatic heterocycles. The van der Waals surface area contributed by atoms with E-state index < -0.39 is 12.1 Å². The summed E-state index contributed by atoms with van der Waals surface area (Å²) >= 11 is 0. The fourth-order valence-corrected chi connectivity index (χ4v) is 5.65. The van der Waals surface area contributed by atoms with E-state index in [2.05, 4.69) is 56.3 Å². The monoisotopic (exact) mass is 643 g/mol. The number of likely N-dealkylation sites (tertiary alicyclic amines) is 1. The Labute approximate surface area is 266 Å². The lowest BCUT2D eigenvalue weighted by Gasteiger charge is -2.31. The largest absolute Gasteiger partial charge is 0.490 e. The van der Waals surface area contributed by atoms with Gasteiger partial charge in [0.25, 0.3) is 0 Å². The van der Waals surface area contributed by atoms with Crippen molar-refractivity contribution in [1.29, 1.82) is 0 Å². The molecule has 0 amide bonds. The highest BCUT2D eigenvalue weighted by molar-refractivity contribution is 5.94. The lowest BCUT2D eigenvalue weighted by molar-refractivity contribution is -0.192. The molecule has 3 aromatic carbocycles. The number of nitrogens with zero attached hydrogens (tertiary/aromatic N) is 5. The minimum absolute atomic E-state index is 0.241. The molecule has 1 aliphatic rings. The smallest absolute Gasteiger partial charge is 0.475 e. The molecule has 6 aromatic rings. The SMILES string of the molecule is Nc1ncnc2nc(-c3ccc(CN4CCC(c5nc6ccc(F)cc6[nH]5)CC4)cc3)c(-c3ccccc3)cc12.O=C(O)C(F)(F)F. The minimum Gasteiger partial charge on any atom is -0.475 e. The molecule has 1 aliphatic heterocycles. The Bertz CT molecular complexity index is 2030. The number of halogens is 4. The summed E-state index contributed by atoms with van der Waals surface area (Å²) < 4.78 is 45.3. The number of carbonyl (C=O) groups is 1. The predicted molar refractivity (Wildman–Crippen MR) is 170 cm³/mol. The van der Waals surface area contributed by atoms with Gasteiger partial charge in [0.05, 0.1) is 22.1 Å². The van der Waals surface area contributed by atoms with E-state index in [1.807, 2.05) is 24.3 Å². The first-order valence-electron chi connectivity index (χ1n) is 14.8. The number of benzene rings is 3. The van der Waals surface area contributed by atoms with Crippen LogP contribution in [0.3, 0.4) is 0 Å². The molecule has 9 nitrogen and oxygen atoms in total. The molecule has 0 aliphatic carbocycles. The molecular formula is C34H29F4N7O2. The number of nitrogen functional groups attached to an aromatic ring is 1. The Morgan fingerprint density at radius 1 is 0.936 bits per heavy atom. The molecule has 1 saturated heterocycles. The summed E-state index contributed by atoms with van der Waals surface area (Å²) in [6.45, 7) is 2.87. The van der Waals surface area contributed by atoms with Gasteiger partial charge in [0.1, 0.15) is 23.8 Å². The second-order valence-corrected chi connectivity index (χ2v) is 11.2. The van der Waals surface area contributed by atoms with E-state index in [1.54, 1.807) is 6.07 Å². The number of hydrogen-bond acceptors (Lipinski definition) is 7. The van der Waals surface area contributed by atoms with Gasteiger partial charge in [0.2, 0.25) is 0 Å². The van der Waals surface area contributed by atoms with Crippen LogP contribution < -0.4 is 5.73 Å². The molecule has 4 heterocycles. The fourth-order valence-electron chi connectivity index (χ4n) is 5.65. The number of piperidine rings is 1. The molecule has 0 unspecified atom stereocenters. The van der Waals surface area contributed by atoms with Gasteiger partial charge in [-0.1, -0.05) is 54.6 Å². The molecule has 0 atom stereocenters. The van der Waals surface area contributed by atoms with Gasteiger partial charge in [-0.25, -0.2) is 29.1 Å². The normalized spacial score (nSPS) is 14.2. The van der Waals surface area contributed by atoms with Crippen molar-refractivity contribution in [3.63, 3.8) is 0 Å². The van der Waals surface area contributed by atoms with Gasteiger partial charge in [-0.3, -0.25) is 4.90 Å². The van der Waals surface area contributed by atoms with Crippen LogP contribution in [0, 0.1) is 5.82 Å². The van der Waals surface area contributed by atoms with Crippen molar-refractivity contribution in [3.8, 4) is 22.4 Å². The Morgan fingerprint density at radius 2 is 1.64 bits per heavy atom. The zero-order chi connectivity index (χ0) is 33.1. The number of carboxylic acid groups (broad SMARTS) is 1. The molecule has 0 saturated carbocycles. The van der Waals surface area contributed by atoms with Crippen LogP contribution in [0.15, 0.2) is 85.2 Å². The van der Waals surface area contributed by atoms with Crippen LogP contribution in [0.2, 0.25) is 0 Å². The summed E-state index contributed by atoms with van der Waals surface area (Å²) in [5.74, 6) is -1.24. The average Bonchev–Trinajstić information content (AvgIpc) is 3.49. The van der Waals surface area contributed by atoms with Crippen LogP contribution in [0.1, 0.15) is 30.1 Å². The molecule has 0 spiro atoms. The maximum Gasteiger partial charge on any atom is 0.490 e. The van der Waals surface area contributed by atoms with Gasteiger partial charge < -0.3 is 15.8 Å². The van der Waals surface area contributed by atoms with Gasteiger partial charge in [0.15, 0.2) is 5.65 Å². The third-order valence-corrected chi connectivity index (χ3v) is 8.05. The maximum atomic E-state index is 13.6. The molecule has 7 rings (SSSR count). The van der Waals surface area contributed by atoms with Gasteiger partial charge in [-0.05, 0) is 61.3 Å². The van der Waals surface area contributed by atoms with Crippen LogP contribution >= 0.6 is 0 Å². The Balaban J connectivity index is 0.000000499. The van der Waals surface area contributed by atoms with Gasteiger partial charge in [-0.15, -0.1) is 0 Å². The Morgan fingerprint density at radius 3 is 2.32 bits per heavy atom. The first-order valence-corrected chi connectivity index (χ1v) is 14.8. The lowest BCUT2D eigenvalue weighted by Crippen LogP contribution is -2.32. The third-order valence-electron chi connectivity index (χ3n) is 8.05. The third kappa shape index (κ3) is 7.20. The van der Waals surface area contributed by atoms with Crippen LogP contribution in [0.25, 0.3) is 44.5 Å². The van der Waals surface area contributed by atoms with Crippen molar-refractivity contribution in [1.82, 2.24) is 29.8 Å². The van der Waals surface area contributed by atoms with Crippen LogP contribution in [0.4, 0.5) is 23.4 Å². The highest BCUT2D eigenvalue weighted by Gasteiger charge is 2.38. The zero-order valence-corrected chi connectivity index (χ0v) is 24.9. The van der Waals surface area contributed by atoms with Crippen molar-refractivity contribution in [2.45, 2.75) is 31.5 Å². The predicted octanol–water partition coefficient (Wildman–Crippen LogP) is 6.97. The molecule has 0 radical (unpaired) electrons. The number of alkyl halides is 3. The minimum atomic E-state index is -5.08. The fraction of sp³-hybridized carbons (Fsp3) is 0.206. The number of imidazole rings is 1. The summed E-state index contributed by atoms with van der Waals surface area (Å²) in [5, 5.41) is 7.87. The van der Waals surface area contributed by atoms with Crippen LogP contribution in [0.5, 0.6) is 0 Å². The molecule has 240 valence electrons. The summed E-state index contributed by atoms with van der Waals surface area (Å²) in [6.07, 6.45) is -1.59. The van der Waals surface area contributed by atoms with Crippen molar-refractivity contribution in [2.24, 2.45) is 0 Å². The number of rotatable bonds is 5. The van der Waals surface area contributed by atoms with E-state index in [0.717, 1.165) is 77.1 Å². The van der Waals surface area contributed by atoms with Crippen molar-refractivity contribution >= 4 is 33.9 Å². The number of pyridine rings is 1. The van der Waals surface area contributed by atoms with E-state index in [1.165, 1.54) is 24.0 Å². The Kier molecular flexibility index (Phi) is 8.81. The topological polar surface area (TPSA) is 134 Å². The molecule has 4 N–H and O–H groups in total. The summed E-state index contributed by atoms with van der Waals surface area (Å²) in [6, 6.07) is 25.6. The number of fused-ring (bicyclic) bond motifs is 2. The molecule has 1 fully saturated rings. The second-order valence-electron chi connectivity index (χ2n) is 11.2. The number of nitrogens with one attached hydrogen (secondary N) is 1. The highest BCUT2D eigenvalue weighted by atomic mass is 19.4. The van der Waals surface area contributed by atoms with Crippen LogP contribution in [-0.2, 0) is 11.3 Å². The van der Waals surface area contributed by atoms with Crippen LogP contribution in [-0.4, -0.2) is 60.2 Å². The number of H-pyrrole nitrogens is 1. The average molecular weight is 644 g/mol. The van der Waals surface area contributed by atoms with Crippen molar-refractivity contribution in [2.75, 3.05) is 18.8 Å². The Hall–Kier alpha value is -5.43. The molecular weight excluding hydrogens is 614 g/mol. The number of aromatic amines is 1.